The maximum Gasteiger partial charge on any atom is 0.407 e. The van der Waals surface area contributed by atoms with Crippen molar-refractivity contribution in [3.63, 3.8) is 0 Å². The number of benzene rings is 1. The van der Waals surface area contributed by atoms with Gasteiger partial charge in [-0.2, -0.15) is 0 Å². The Hall–Kier alpha value is -3.35. The molecule has 10 nitrogen and oxygen atoms in total. The number of nitrogens with one attached hydrogen (secondary N) is 1. The highest BCUT2D eigenvalue weighted by molar-refractivity contribution is 5.82. The molecular weight excluding hydrogens is 497 g/mol. The zero-order chi connectivity index (χ0) is 27.9. The average Bonchev–Trinajstić information content (AvgIpc) is 2.98. The predicted molar refractivity (Wildman–Crippen MR) is 125 cm³/mol. The number of methoxy groups -OCH3 is 1. The van der Waals surface area contributed by atoms with Crippen LogP contribution in [0.2, 0.25) is 0 Å². The Bertz CT molecular complexity index is 1020. The summed E-state index contributed by atoms with van der Waals surface area (Å²) >= 11 is 0. The summed E-state index contributed by atoms with van der Waals surface area (Å²) < 4.78 is 51.4. The van der Waals surface area contributed by atoms with Gasteiger partial charge in [0.15, 0.2) is 11.6 Å². The third-order valence-electron chi connectivity index (χ3n) is 5.48. The van der Waals surface area contributed by atoms with Gasteiger partial charge in [-0.15, -0.1) is 0 Å². The monoisotopic (exact) mass is 530 g/mol. The first-order valence-electron chi connectivity index (χ1n) is 11.7. The van der Waals surface area contributed by atoms with Crippen LogP contribution in [0.25, 0.3) is 0 Å². The van der Waals surface area contributed by atoms with E-state index in [1.165, 1.54) is 24.1 Å². The molecule has 1 heterocycles. The van der Waals surface area contributed by atoms with Gasteiger partial charge in [0.2, 0.25) is 11.8 Å². The Labute approximate surface area is 213 Å². The molecule has 1 N–H and O–H groups in total. The van der Waals surface area contributed by atoms with E-state index in [0.717, 1.165) is 0 Å². The van der Waals surface area contributed by atoms with E-state index in [4.69, 9.17) is 4.74 Å². The minimum atomic E-state index is -1.37. The van der Waals surface area contributed by atoms with Crippen molar-refractivity contribution in [3.05, 3.63) is 35.1 Å². The van der Waals surface area contributed by atoms with E-state index in [1.54, 1.807) is 25.7 Å². The minimum Gasteiger partial charge on any atom is -0.468 e. The maximum absolute atomic E-state index is 14.3. The van der Waals surface area contributed by atoms with Crippen LogP contribution in [0.15, 0.2) is 12.1 Å². The maximum atomic E-state index is 14.3. The molecule has 0 bridgehead atoms. The Kier molecular flexibility index (Phi) is 10.3. The molecule has 3 amide bonds. The minimum absolute atomic E-state index is 0.0253. The van der Waals surface area contributed by atoms with Gasteiger partial charge in [0.25, 0.3) is 0 Å². The zero-order valence-corrected chi connectivity index (χ0v) is 21.6. The SMILES string of the molecule is COC(=O)CN1CCN(C(C)=O)N(C(=O)C[C@@H](Cc2cc(F)c(F)cc2F)NC(=O)OC(C)(C)C)CC1. The number of amides is 3. The van der Waals surface area contributed by atoms with Gasteiger partial charge in [-0.3, -0.25) is 29.3 Å². The van der Waals surface area contributed by atoms with Crippen LogP contribution in [-0.4, -0.2) is 90.3 Å². The second-order valence-corrected chi connectivity index (χ2v) is 9.62. The van der Waals surface area contributed by atoms with Crippen LogP contribution in [-0.2, 0) is 30.3 Å². The van der Waals surface area contributed by atoms with E-state index in [9.17, 15) is 32.3 Å². The van der Waals surface area contributed by atoms with E-state index >= 15 is 0 Å². The lowest BCUT2D eigenvalue weighted by Gasteiger charge is -2.33. The highest BCUT2D eigenvalue weighted by Gasteiger charge is 2.31. The average molecular weight is 531 g/mol. The number of hydrogen-bond acceptors (Lipinski definition) is 7. The number of nitrogens with zero attached hydrogens (tertiary/aromatic N) is 3. The number of carbonyl (C=O) groups excluding carboxylic acids is 4. The fourth-order valence-electron chi connectivity index (χ4n) is 3.77. The Morgan fingerprint density at radius 1 is 0.973 bits per heavy atom. The third-order valence-corrected chi connectivity index (χ3v) is 5.48. The second-order valence-electron chi connectivity index (χ2n) is 9.62. The lowest BCUT2D eigenvalue weighted by atomic mass is 10.0. The smallest absolute Gasteiger partial charge is 0.407 e. The van der Waals surface area contributed by atoms with Crippen molar-refractivity contribution in [2.45, 2.75) is 52.2 Å². The molecule has 1 saturated heterocycles. The van der Waals surface area contributed by atoms with Crippen molar-refractivity contribution in [2.75, 3.05) is 39.8 Å². The molecule has 0 spiro atoms. The summed E-state index contributed by atoms with van der Waals surface area (Å²) in [5.74, 6) is -5.16. The largest absolute Gasteiger partial charge is 0.468 e. The second kappa shape index (κ2) is 12.7. The van der Waals surface area contributed by atoms with Crippen molar-refractivity contribution in [1.82, 2.24) is 20.2 Å². The van der Waals surface area contributed by atoms with Gasteiger partial charge in [-0.1, -0.05) is 0 Å². The van der Waals surface area contributed by atoms with Crippen molar-refractivity contribution >= 4 is 23.9 Å². The van der Waals surface area contributed by atoms with E-state index in [-0.39, 0.29) is 38.2 Å². The number of halogens is 3. The quantitative estimate of drug-likeness (QED) is 0.425. The fourth-order valence-corrected chi connectivity index (χ4v) is 3.77. The van der Waals surface area contributed by atoms with E-state index in [2.05, 4.69) is 10.1 Å². The van der Waals surface area contributed by atoms with Crippen LogP contribution in [0.4, 0.5) is 18.0 Å². The lowest BCUT2D eigenvalue weighted by Crippen LogP contribution is -2.52. The summed E-state index contributed by atoms with van der Waals surface area (Å²) in [4.78, 5) is 51.4. The van der Waals surface area contributed by atoms with Crippen molar-refractivity contribution in [2.24, 2.45) is 0 Å². The summed E-state index contributed by atoms with van der Waals surface area (Å²) in [6, 6.07) is -0.0266. The molecule has 1 aromatic carbocycles. The number of hydrogen-bond donors (Lipinski definition) is 1. The highest BCUT2D eigenvalue weighted by atomic mass is 19.2. The number of esters is 1. The molecule has 0 unspecified atom stereocenters. The number of carbonyl (C=O) groups is 4. The Morgan fingerprint density at radius 3 is 2.14 bits per heavy atom. The zero-order valence-electron chi connectivity index (χ0n) is 21.6. The number of ether oxygens (including phenoxy) is 2. The Morgan fingerprint density at radius 2 is 1.57 bits per heavy atom. The molecule has 1 aromatic rings. The van der Waals surface area contributed by atoms with Crippen molar-refractivity contribution < 1.29 is 41.8 Å². The molecular formula is C24H33F3N4O6. The first-order valence-corrected chi connectivity index (χ1v) is 11.7. The molecule has 0 radical (unpaired) electrons. The van der Waals surface area contributed by atoms with Crippen LogP contribution < -0.4 is 5.32 Å². The fraction of sp³-hybridized carbons (Fsp3) is 0.583. The molecule has 0 saturated carbocycles. The van der Waals surface area contributed by atoms with Crippen molar-refractivity contribution in [1.29, 1.82) is 0 Å². The highest BCUT2D eigenvalue weighted by Crippen LogP contribution is 2.18. The molecule has 206 valence electrons. The van der Waals surface area contributed by atoms with Gasteiger partial charge in [-0.05, 0) is 38.8 Å². The molecule has 1 aliphatic rings. The van der Waals surface area contributed by atoms with Gasteiger partial charge in [-0.25, -0.2) is 18.0 Å². The molecule has 0 aromatic heterocycles. The summed E-state index contributed by atoms with van der Waals surface area (Å²) in [7, 11) is 1.26. The topological polar surface area (TPSA) is 108 Å². The molecule has 0 aliphatic carbocycles. The first-order chi connectivity index (χ1) is 17.2. The summed E-state index contributed by atoms with van der Waals surface area (Å²) in [6.07, 6.45) is -1.65. The number of rotatable bonds is 7. The van der Waals surface area contributed by atoms with Crippen molar-refractivity contribution in [3.8, 4) is 0 Å². The molecule has 2 rings (SSSR count). The molecule has 13 heteroatoms. The molecule has 1 fully saturated rings. The lowest BCUT2D eigenvalue weighted by molar-refractivity contribution is -0.161. The third kappa shape index (κ3) is 9.23. The molecule has 1 atom stereocenters. The predicted octanol–water partition coefficient (Wildman–Crippen LogP) is 2.01. The summed E-state index contributed by atoms with van der Waals surface area (Å²) in [5, 5.41) is 4.91. The van der Waals surface area contributed by atoms with E-state index in [1.807, 2.05) is 0 Å². The summed E-state index contributed by atoms with van der Waals surface area (Å²) in [5.41, 5.74) is -1.12. The normalized spacial score (nSPS) is 15.6. The Balaban J connectivity index is 2.26. The van der Waals surface area contributed by atoms with Gasteiger partial charge < -0.3 is 14.8 Å². The van der Waals surface area contributed by atoms with E-state index in [0.29, 0.717) is 18.7 Å². The van der Waals surface area contributed by atoms with Crippen LogP contribution in [0, 0.1) is 17.5 Å². The van der Waals surface area contributed by atoms with Crippen LogP contribution >= 0.6 is 0 Å². The number of hydrazine groups is 1. The van der Waals surface area contributed by atoms with Gasteiger partial charge in [0, 0.05) is 38.5 Å². The number of alkyl carbamates (subject to hydrolysis) is 1. The standard InChI is InChI=1S/C24H33F3N4O6/c1-15(32)30-8-6-29(14-22(34)36-5)7-9-31(30)21(33)12-17(28-23(35)37-24(2,3)4)10-16-11-19(26)20(27)13-18(16)25/h11,13,17H,6-10,12,14H2,1-5H3,(H,28,35)/t17-/m1/s1. The van der Waals surface area contributed by atoms with Gasteiger partial charge in [0.1, 0.15) is 11.4 Å². The van der Waals surface area contributed by atoms with Gasteiger partial charge >= 0.3 is 12.1 Å². The first kappa shape index (κ1) is 29.9. The van der Waals surface area contributed by atoms with Crippen LogP contribution in [0.5, 0.6) is 0 Å². The van der Waals surface area contributed by atoms with Gasteiger partial charge in [0.05, 0.1) is 26.7 Å². The van der Waals surface area contributed by atoms with Crippen LogP contribution in [0.3, 0.4) is 0 Å². The van der Waals surface area contributed by atoms with Crippen LogP contribution in [0.1, 0.15) is 39.7 Å². The molecule has 37 heavy (non-hydrogen) atoms. The van der Waals surface area contributed by atoms with E-state index < -0.39 is 59.4 Å². The molecule has 1 aliphatic heterocycles. The summed E-state index contributed by atoms with van der Waals surface area (Å²) in [6.45, 7) is 6.86.